The van der Waals surface area contributed by atoms with Crippen molar-refractivity contribution < 1.29 is 9.53 Å². The molecule has 78 valence electrons. The van der Waals surface area contributed by atoms with Gasteiger partial charge in [-0.2, -0.15) is 5.26 Å². The Bertz CT molecular complexity index is 379. The predicted molar refractivity (Wildman–Crippen MR) is 55.1 cm³/mol. The van der Waals surface area contributed by atoms with Crippen LogP contribution >= 0.6 is 0 Å². The lowest BCUT2D eigenvalue weighted by Gasteiger charge is -2.13. The second kappa shape index (κ2) is 5.01. The number of hydrogen-bond donors (Lipinski definition) is 0. The fourth-order valence-electron chi connectivity index (χ4n) is 1.16. The lowest BCUT2D eigenvalue weighted by molar-refractivity contribution is -0.124. The molecule has 0 aliphatic carbocycles. The maximum absolute atomic E-state index is 11.0. The first-order valence-corrected chi connectivity index (χ1v) is 4.45. The average molecular weight is 204 g/mol. The molecular formula is C11H12N2O2. The summed E-state index contributed by atoms with van der Waals surface area (Å²) in [5.41, 5.74) is 0.960. The van der Waals surface area contributed by atoms with Crippen LogP contribution in [0.3, 0.4) is 0 Å². The van der Waals surface area contributed by atoms with Crippen molar-refractivity contribution in [3.8, 4) is 11.8 Å². The Kier molecular flexibility index (Phi) is 3.69. The van der Waals surface area contributed by atoms with Crippen LogP contribution in [0.1, 0.15) is 5.56 Å². The molecule has 0 aliphatic heterocycles. The van der Waals surface area contributed by atoms with Crippen LogP contribution in [0.4, 0.5) is 0 Å². The van der Waals surface area contributed by atoms with E-state index in [-0.39, 0.29) is 0 Å². The second-order valence-corrected chi connectivity index (χ2v) is 3.12. The maximum Gasteiger partial charge on any atom is 0.325 e. The number of carbonyl (C=O) groups is 1. The number of carbonyl (C=O) groups excluding carboxylic acids is 1. The SMILES string of the molecule is COc1ccc(CN(C)C(=O)C#N)cc1. The zero-order valence-electron chi connectivity index (χ0n) is 8.73. The summed E-state index contributed by atoms with van der Waals surface area (Å²) in [7, 11) is 3.19. The van der Waals surface area contributed by atoms with Gasteiger partial charge in [-0.25, -0.2) is 0 Å². The van der Waals surface area contributed by atoms with E-state index in [0.29, 0.717) is 6.54 Å². The highest BCUT2D eigenvalue weighted by molar-refractivity contribution is 5.90. The molecule has 15 heavy (non-hydrogen) atoms. The van der Waals surface area contributed by atoms with Gasteiger partial charge in [-0.3, -0.25) is 4.79 Å². The topological polar surface area (TPSA) is 53.3 Å². The van der Waals surface area contributed by atoms with Crippen molar-refractivity contribution in [2.45, 2.75) is 6.54 Å². The van der Waals surface area contributed by atoms with E-state index in [2.05, 4.69) is 0 Å². The van der Waals surface area contributed by atoms with E-state index in [1.807, 2.05) is 24.3 Å². The Balaban J connectivity index is 2.66. The number of amides is 1. The molecule has 1 amide bonds. The van der Waals surface area contributed by atoms with E-state index >= 15 is 0 Å². The molecule has 0 fully saturated rings. The number of nitriles is 1. The molecule has 0 saturated carbocycles. The summed E-state index contributed by atoms with van der Waals surface area (Å²) in [6, 6.07) is 8.93. The number of ether oxygens (including phenoxy) is 1. The summed E-state index contributed by atoms with van der Waals surface area (Å²) < 4.78 is 5.01. The first-order chi connectivity index (χ1) is 7.17. The molecule has 0 aromatic heterocycles. The quantitative estimate of drug-likeness (QED) is 0.694. The normalized spacial score (nSPS) is 9.13. The summed E-state index contributed by atoms with van der Waals surface area (Å²) in [5, 5.41) is 8.40. The monoisotopic (exact) mass is 204 g/mol. The zero-order chi connectivity index (χ0) is 11.3. The molecule has 1 aromatic carbocycles. The smallest absolute Gasteiger partial charge is 0.325 e. The van der Waals surface area contributed by atoms with Gasteiger partial charge >= 0.3 is 5.91 Å². The molecule has 0 heterocycles. The van der Waals surface area contributed by atoms with Gasteiger partial charge in [0.2, 0.25) is 0 Å². The standard InChI is InChI=1S/C11H12N2O2/c1-13(11(14)7-12)8-9-3-5-10(15-2)6-4-9/h3-6H,8H2,1-2H3. The van der Waals surface area contributed by atoms with E-state index in [0.717, 1.165) is 11.3 Å². The molecule has 0 N–H and O–H groups in total. The highest BCUT2D eigenvalue weighted by Gasteiger charge is 2.07. The van der Waals surface area contributed by atoms with Gasteiger partial charge in [-0.1, -0.05) is 12.1 Å². The Hall–Kier alpha value is -2.02. The molecule has 0 spiro atoms. The largest absolute Gasteiger partial charge is 0.497 e. The van der Waals surface area contributed by atoms with Gasteiger partial charge in [-0.05, 0) is 17.7 Å². The molecule has 1 rings (SSSR count). The van der Waals surface area contributed by atoms with Crippen LogP contribution in [0.15, 0.2) is 24.3 Å². The first kappa shape index (κ1) is 11.1. The number of rotatable bonds is 3. The molecule has 0 saturated heterocycles. The molecule has 1 aromatic rings. The third-order valence-electron chi connectivity index (χ3n) is 2.02. The van der Waals surface area contributed by atoms with Crippen LogP contribution in [-0.4, -0.2) is 25.0 Å². The van der Waals surface area contributed by atoms with E-state index < -0.39 is 5.91 Å². The van der Waals surface area contributed by atoms with Crippen molar-refractivity contribution in [3.63, 3.8) is 0 Å². The van der Waals surface area contributed by atoms with Crippen LogP contribution in [-0.2, 0) is 11.3 Å². The van der Waals surface area contributed by atoms with Crippen LogP contribution in [0.25, 0.3) is 0 Å². The first-order valence-electron chi connectivity index (χ1n) is 4.45. The maximum atomic E-state index is 11.0. The van der Waals surface area contributed by atoms with Crippen LogP contribution < -0.4 is 4.74 Å². The van der Waals surface area contributed by atoms with Gasteiger partial charge in [-0.15, -0.1) is 0 Å². The van der Waals surface area contributed by atoms with E-state index in [4.69, 9.17) is 10.00 Å². The minimum absolute atomic E-state index is 0.427. The number of hydrogen-bond acceptors (Lipinski definition) is 3. The molecule has 0 aliphatic rings. The molecule has 0 bridgehead atoms. The molecule has 4 heteroatoms. The Morgan fingerprint density at radius 2 is 2.07 bits per heavy atom. The van der Waals surface area contributed by atoms with Crippen molar-refractivity contribution in [3.05, 3.63) is 29.8 Å². The third-order valence-corrected chi connectivity index (χ3v) is 2.02. The van der Waals surface area contributed by atoms with E-state index in [9.17, 15) is 4.79 Å². The predicted octanol–water partition coefficient (Wildman–Crippen LogP) is 1.18. The molecular weight excluding hydrogens is 192 g/mol. The lowest BCUT2D eigenvalue weighted by Crippen LogP contribution is -2.24. The molecule has 0 unspecified atom stereocenters. The number of methoxy groups -OCH3 is 1. The summed E-state index contributed by atoms with van der Waals surface area (Å²) in [6.45, 7) is 0.427. The minimum atomic E-state index is -0.536. The van der Waals surface area contributed by atoms with Crippen LogP contribution in [0.2, 0.25) is 0 Å². The van der Waals surface area contributed by atoms with Gasteiger partial charge in [0.15, 0.2) is 6.07 Å². The summed E-state index contributed by atoms with van der Waals surface area (Å²) >= 11 is 0. The Morgan fingerprint density at radius 3 is 2.53 bits per heavy atom. The van der Waals surface area contributed by atoms with Crippen LogP contribution in [0, 0.1) is 11.3 Å². The highest BCUT2D eigenvalue weighted by Crippen LogP contribution is 2.12. The third kappa shape index (κ3) is 2.99. The van der Waals surface area contributed by atoms with Gasteiger partial charge in [0.1, 0.15) is 5.75 Å². The average Bonchev–Trinajstić information content (AvgIpc) is 2.29. The number of nitrogens with zero attached hydrogens (tertiary/aromatic N) is 2. The lowest BCUT2D eigenvalue weighted by atomic mass is 10.2. The van der Waals surface area contributed by atoms with Gasteiger partial charge in [0, 0.05) is 13.6 Å². The van der Waals surface area contributed by atoms with Crippen molar-refractivity contribution in [1.29, 1.82) is 5.26 Å². The fraction of sp³-hybridized carbons (Fsp3) is 0.273. The van der Waals surface area contributed by atoms with Gasteiger partial charge < -0.3 is 9.64 Å². The van der Waals surface area contributed by atoms with Crippen molar-refractivity contribution in [2.24, 2.45) is 0 Å². The summed E-state index contributed by atoms with van der Waals surface area (Å²) in [4.78, 5) is 12.3. The molecule has 0 atom stereocenters. The van der Waals surface area contributed by atoms with Crippen molar-refractivity contribution in [1.82, 2.24) is 4.90 Å². The highest BCUT2D eigenvalue weighted by atomic mass is 16.5. The second-order valence-electron chi connectivity index (χ2n) is 3.12. The number of benzene rings is 1. The Morgan fingerprint density at radius 1 is 1.47 bits per heavy atom. The van der Waals surface area contributed by atoms with Crippen LogP contribution in [0.5, 0.6) is 5.75 Å². The molecule has 4 nitrogen and oxygen atoms in total. The minimum Gasteiger partial charge on any atom is -0.497 e. The van der Waals surface area contributed by atoms with E-state index in [1.165, 1.54) is 4.90 Å². The van der Waals surface area contributed by atoms with Gasteiger partial charge in [0.25, 0.3) is 0 Å². The van der Waals surface area contributed by atoms with Crippen molar-refractivity contribution in [2.75, 3.05) is 14.2 Å². The summed E-state index contributed by atoms with van der Waals surface area (Å²) in [6.07, 6.45) is 0. The zero-order valence-corrected chi connectivity index (χ0v) is 8.73. The van der Waals surface area contributed by atoms with Gasteiger partial charge in [0.05, 0.1) is 7.11 Å². The molecule has 0 radical (unpaired) electrons. The Labute approximate surface area is 88.7 Å². The fourth-order valence-corrected chi connectivity index (χ4v) is 1.16. The van der Waals surface area contributed by atoms with E-state index in [1.54, 1.807) is 20.2 Å². The summed E-state index contributed by atoms with van der Waals surface area (Å²) in [5.74, 6) is 0.235. The van der Waals surface area contributed by atoms with Crippen molar-refractivity contribution >= 4 is 5.91 Å².